The van der Waals surface area contributed by atoms with E-state index in [1.54, 1.807) is 6.92 Å². The minimum absolute atomic E-state index is 0.0432. The first-order valence-electron chi connectivity index (χ1n) is 5.21. The molecule has 96 valence electrons. The number of hydrogen-bond acceptors (Lipinski definition) is 4. The number of carbonyl (C=O) groups excluding carboxylic acids is 2. The quantitative estimate of drug-likeness (QED) is 0.385. The van der Waals surface area contributed by atoms with Gasteiger partial charge in [-0.05, 0) is 19.8 Å². The Labute approximate surface area is 99.6 Å². The average molecular weight is 243 g/mol. The zero-order valence-electron chi connectivity index (χ0n) is 9.99. The molecule has 1 unspecified atom stereocenters. The molecule has 2 N–H and O–H groups in total. The van der Waals surface area contributed by atoms with Crippen molar-refractivity contribution < 1.29 is 24.2 Å². The van der Waals surface area contributed by atoms with Crippen LogP contribution in [0.25, 0.3) is 0 Å². The number of hydrogen-bond donors (Lipinski definition) is 2. The summed E-state index contributed by atoms with van der Waals surface area (Å²) in [6, 6.07) is 0. The highest BCUT2D eigenvalue weighted by Crippen LogP contribution is 2.17. The van der Waals surface area contributed by atoms with Crippen LogP contribution in [0.5, 0.6) is 0 Å². The molecule has 0 aliphatic rings. The zero-order chi connectivity index (χ0) is 13.5. The van der Waals surface area contributed by atoms with Gasteiger partial charge in [-0.15, -0.1) is 6.58 Å². The van der Waals surface area contributed by atoms with Crippen LogP contribution in [0, 0.1) is 0 Å². The molecule has 0 aromatic rings. The number of carboxylic acid groups (broad SMARTS) is 1. The van der Waals surface area contributed by atoms with Gasteiger partial charge in [-0.2, -0.15) is 0 Å². The Morgan fingerprint density at radius 3 is 2.41 bits per heavy atom. The average Bonchev–Trinajstić information content (AvgIpc) is 2.23. The van der Waals surface area contributed by atoms with Crippen molar-refractivity contribution >= 4 is 17.8 Å². The Bertz CT molecular complexity index is 326. The molecule has 0 spiro atoms. The lowest BCUT2D eigenvalue weighted by atomic mass is 9.93. The molecule has 0 aromatic carbocycles. The lowest BCUT2D eigenvalue weighted by Gasteiger charge is -2.27. The van der Waals surface area contributed by atoms with Crippen molar-refractivity contribution in [3.63, 3.8) is 0 Å². The normalized spacial score (nSPS) is 13.3. The molecule has 17 heavy (non-hydrogen) atoms. The van der Waals surface area contributed by atoms with E-state index in [4.69, 9.17) is 9.84 Å². The number of rotatable bonds is 7. The van der Waals surface area contributed by atoms with Gasteiger partial charge in [0.15, 0.2) is 0 Å². The summed E-state index contributed by atoms with van der Waals surface area (Å²) in [4.78, 5) is 34.0. The molecule has 6 heteroatoms. The van der Waals surface area contributed by atoms with Crippen LogP contribution >= 0.6 is 0 Å². The Hall–Kier alpha value is -1.85. The summed E-state index contributed by atoms with van der Waals surface area (Å²) in [6.07, 6.45) is 1.65. The molecule has 0 aliphatic carbocycles. The van der Waals surface area contributed by atoms with Crippen molar-refractivity contribution in [1.82, 2.24) is 5.32 Å². The van der Waals surface area contributed by atoms with Gasteiger partial charge in [-0.1, -0.05) is 6.08 Å². The van der Waals surface area contributed by atoms with Gasteiger partial charge in [-0.25, -0.2) is 9.59 Å². The van der Waals surface area contributed by atoms with Crippen LogP contribution in [0.2, 0.25) is 0 Å². The largest absolute Gasteiger partial charge is 0.479 e. The SMILES string of the molecule is C=CCCC(NC(C)=O)(C(=O)O)C(=O)OCC. The zero-order valence-corrected chi connectivity index (χ0v) is 9.99. The Morgan fingerprint density at radius 2 is 2.06 bits per heavy atom. The van der Waals surface area contributed by atoms with Crippen LogP contribution in [-0.4, -0.2) is 35.1 Å². The van der Waals surface area contributed by atoms with Crippen LogP contribution in [-0.2, 0) is 19.1 Å². The number of aliphatic carboxylic acids is 1. The lowest BCUT2D eigenvalue weighted by Crippen LogP contribution is -2.60. The van der Waals surface area contributed by atoms with Gasteiger partial charge in [0.25, 0.3) is 0 Å². The summed E-state index contributed by atoms with van der Waals surface area (Å²) in [7, 11) is 0. The Balaban J connectivity index is 5.21. The number of nitrogens with one attached hydrogen (secondary N) is 1. The van der Waals surface area contributed by atoms with E-state index in [0.717, 1.165) is 6.92 Å². The monoisotopic (exact) mass is 243 g/mol. The van der Waals surface area contributed by atoms with Crippen LogP contribution < -0.4 is 5.32 Å². The fraction of sp³-hybridized carbons (Fsp3) is 0.545. The molecule has 1 atom stereocenters. The highest BCUT2D eigenvalue weighted by atomic mass is 16.5. The van der Waals surface area contributed by atoms with Crippen LogP contribution in [0.1, 0.15) is 26.7 Å². The molecule has 0 bridgehead atoms. The van der Waals surface area contributed by atoms with E-state index in [-0.39, 0.29) is 19.4 Å². The molecular weight excluding hydrogens is 226 g/mol. The Morgan fingerprint density at radius 1 is 1.47 bits per heavy atom. The predicted octanol–water partition coefficient (Wildman–Crippen LogP) is 0.475. The molecule has 0 saturated carbocycles. The minimum atomic E-state index is -2.03. The first-order chi connectivity index (χ1) is 7.90. The van der Waals surface area contributed by atoms with Gasteiger partial charge in [-0.3, -0.25) is 4.79 Å². The van der Waals surface area contributed by atoms with E-state index in [2.05, 4.69) is 11.9 Å². The fourth-order valence-electron chi connectivity index (χ4n) is 1.34. The number of carbonyl (C=O) groups is 3. The van der Waals surface area contributed by atoms with E-state index in [9.17, 15) is 14.4 Å². The minimum Gasteiger partial charge on any atom is -0.479 e. The number of amides is 1. The van der Waals surface area contributed by atoms with Crippen LogP contribution in [0.15, 0.2) is 12.7 Å². The highest BCUT2D eigenvalue weighted by molar-refractivity contribution is 6.06. The molecule has 0 aliphatic heterocycles. The molecular formula is C11H17NO5. The third-order valence-electron chi connectivity index (χ3n) is 2.10. The number of allylic oxidation sites excluding steroid dienone is 1. The second-order valence-corrected chi connectivity index (χ2v) is 3.44. The molecule has 0 aromatic heterocycles. The molecule has 0 fully saturated rings. The first kappa shape index (κ1) is 15.2. The van der Waals surface area contributed by atoms with Crippen LogP contribution in [0.3, 0.4) is 0 Å². The first-order valence-corrected chi connectivity index (χ1v) is 5.21. The van der Waals surface area contributed by atoms with Crippen molar-refractivity contribution in [2.45, 2.75) is 32.2 Å². The highest BCUT2D eigenvalue weighted by Gasteiger charge is 2.48. The van der Waals surface area contributed by atoms with E-state index in [1.165, 1.54) is 6.08 Å². The second kappa shape index (κ2) is 6.67. The van der Waals surface area contributed by atoms with E-state index in [0.29, 0.717) is 0 Å². The van der Waals surface area contributed by atoms with Crippen molar-refractivity contribution in [2.24, 2.45) is 0 Å². The number of ether oxygens (including phenoxy) is 1. The fourth-order valence-corrected chi connectivity index (χ4v) is 1.34. The van der Waals surface area contributed by atoms with Crippen molar-refractivity contribution in [1.29, 1.82) is 0 Å². The lowest BCUT2D eigenvalue weighted by molar-refractivity contribution is -0.165. The predicted molar refractivity (Wildman–Crippen MR) is 60.2 cm³/mol. The smallest absolute Gasteiger partial charge is 0.343 e. The van der Waals surface area contributed by atoms with Gasteiger partial charge in [0.05, 0.1) is 6.61 Å². The van der Waals surface area contributed by atoms with Crippen LogP contribution in [0.4, 0.5) is 0 Å². The van der Waals surface area contributed by atoms with Gasteiger partial charge < -0.3 is 15.2 Å². The van der Waals surface area contributed by atoms with Gasteiger partial charge in [0.1, 0.15) is 0 Å². The maximum Gasteiger partial charge on any atom is 0.343 e. The van der Waals surface area contributed by atoms with Crippen molar-refractivity contribution in [2.75, 3.05) is 6.61 Å². The van der Waals surface area contributed by atoms with E-state index >= 15 is 0 Å². The second-order valence-electron chi connectivity index (χ2n) is 3.44. The summed E-state index contributed by atoms with van der Waals surface area (Å²) in [5.74, 6) is -3.01. The molecule has 6 nitrogen and oxygen atoms in total. The van der Waals surface area contributed by atoms with E-state index in [1.807, 2.05) is 0 Å². The molecule has 1 amide bonds. The van der Waals surface area contributed by atoms with Crippen molar-refractivity contribution in [3.8, 4) is 0 Å². The standard InChI is InChI=1S/C11H17NO5/c1-4-6-7-11(9(14)15,12-8(3)13)10(16)17-5-2/h4H,1,5-7H2,2-3H3,(H,12,13)(H,14,15). The molecule has 0 heterocycles. The summed E-state index contributed by atoms with van der Waals surface area (Å²) >= 11 is 0. The number of esters is 1. The summed E-state index contributed by atoms with van der Waals surface area (Å²) in [5.41, 5.74) is -2.03. The van der Waals surface area contributed by atoms with Gasteiger partial charge in [0, 0.05) is 6.92 Å². The summed E-state index contributed by atoms with van der Waals surface area (Å²) < 4.78 is 4.70. The summed E-state index contributed by atoms with van der Waals surface area (Å²) in [5, 5.41) is 11.3. The molecule has 0 rings (SSSR count). The maximum absolute atomic E-state index is 11.7. The summed E-state index contributed by atoms with van der Waals surface area (Å²) in [6.45, 7) is 6.20. The van der Waals surface area contributed by atoms with Gasteiger partial charge >= 0.3 is 11.9 Å². The van der Waals surface area contributed by atoms with Gasteiger partial charge in [0.2, 0.25) is 11.4 Å². The molecule has 0 saturated heterocycles. The van der Waals surface area contributed by atoms with E-state index < -0.39 is 23.4 Å². The molecule has 0 radical (unpaired) electrons. The third-order valence-corrected chi connectivity index (χ3v) is 2.10. The third kappa shape index (κ3) is 3.90. The van der Waals surface area contributed by atoms with Crippen molar-refractivity contribution in [3.05, 3.63) is 12.7 Å². The number of carboxylic acids is 1. The maximum atomic E-state index is 11.7. The topological polar surface area (TPSA) is 92.7 Å². The Kier molecular flexibility index (Phi) is 5.95.